The number of hydrogen-bond acceptors (Lipinski definition) is 2. The van der Waals surface area contributed by atoms with Crippen molar-refractivity contribution in [1.82, 2.24) is 9.80 Å². The van der Waals surface area contributed by atoms with Gasteiger partial charge in [-0.05, 0) is 52.4 Å². The number of halogens is 3. The van der Waals surface area contributed by atoms with Crippen molar-refractivity contribution in [2.75, 3.05) is 6.54 Å². The fraction of sp³-hybridized carbons (Fsp3) is 0.200. The van der Waals surface area contributed by atoms with Gasteiger partial charge < -0.3 is 9.80 Å². The molecule has 0 bridgehead atoms. The molecule has 4 aromatic rings. The summed E-state index contributed by atoms with van der Waals surface area (Å²) in [4.78, 5) is 31.5. The van der Waals surface area contributed by atoms with Gasteiger partial charge in [-0.25, -0.2) is 0 Å². The number of benzene rings is 4. The molecule has 0 aliphatic carbocycles. The molecule has 5 rings (SSSR count). The van der Waals surface area contributed by atoms with Gasteiger partial charge in [-0.2, -0.15) is 13.2 Å². The summed E-state index contributed by atoms with van der Waals surface area (Å²) >= 11 is 0. The zero-order valence-corrected chi connectivity index (χ0v) is 23.0. The normalized spacial score (nSPS) is 13.9. The highest BCUT2D eigenvalue weighted by Gasteiger charge is 2.34. The van der Waals surface area contributed by atoms with Gasteiger partial charge in [-0.15, -0.1) is 0 Å². The van der Waals surface area contributed by atoms with E-state index in [0.29, 0.717) is 25.1 Å². The Labute approximate surface area is 243 Å². The summed E-state index contributed by atoms with van der Waals surface area (Å²) in [7, 11) is 0. The van der Waals surface area contributed by atoms with Crippen LogP contribution in [-0.4, -0.2) is 34.2 Å². The van der Waals surface area contributed by atoms with Crippen LogP contribution in [0.25, 0.3) is 6.08 Å². The van der Waals surface area contributed by atoms with Gasteiger partial charge in [0.05, 0.1) is 5.56 Å². The second kappa shape index (κ2) is 12.9. The van der Waals surface area contributed by atoms with Crippen LogP contribution in [0.4, 0.5) is 13.2 Å². The Morgan fingerprint density at radius 1 is 0.786 bits per heavy atom. The molecule has 0 saturated heterocycles. The SMILES string of the molecule is O=C([C@H](Cc1ccccc1)N(Cc1ccccc1)C(=O)/C=C/c1ccc(C(F)(F)F)cc1)N1CCc2ccccc2C1. The van der Waals surface area contributed by atoms with Crippen LogP contribution in [0.2, 0.25) is 0 Å². The van der Waals surface area contributed by atoms with Gasteiger partial charge in [0.25, 0.3) is 0 Å². The maximum absolute atomic E-state index is 14.3. The average molecular weight is 569 g/mol. The molecule has 2 amide bonds. The van der Waals surface area contributed by atoms with E-state index < -0.39 is 23.7 Å². The zero-order chi connectivity index (χ0) is 29.5. The minimum absolute atomic E-state index is 0.138. The molecule has 0 N–H and O–H groups in total. The minimum atomic E-state index is -4.44. The predicted octanol–water partition coefficient (Wildman–Crippen LogP) is 6.94. The third-order valence-corrected chi connectivity index (χ3v) is 7.51. The van der Waals surface area contributed by atoms with Gasteiger partial charge >= 0.3 is 6.18 Å². The van der Waals surface area contributed by atoms with E-state index in [4.69, 9.17) is 0 Å². The van der Waals surface area contributed by atoms with Crippen molar-refractivity contribution in [3.8, 4) is 0 Å². The number of amides is 2. The van der Waals surface area contributed by atoms with E-state index in [1.165, 1.54) is 29.8 Å². The van der Waals surface area contributed by atoms with Crippen LogP contribution in [0.15, 0.2) is 115 Å². The average Bonchev–Trinajstić information content (AvgIpc) is 3.01. The maximum Gasteiger partial charge on any atom is 0.416 e. The first kappa shape index (κ1) is 28.9. The Balaban J connectivity index is 1.47. The Morgan fingerprint density at radius 2 is 1.38 bits per heavy atom. The first-order valence-electron chi connectivity index (χ1n) is 13.9. The lowest BCUT2D eigenvalue weighted by Gasteiger charge is -2.36. The molecule has 0 radical (unpaired) electrons. The molecular formula is C35H31F3N2O2. The van der Waals surface area contributed by atoms with Crippen molar-refractivity contribution in [1.29, 1.82) is 0 Å². The molecule has 0 saturated carbocycles. The first-order valence-corrected chi connectivity index (χ1v) is 13.9. The summed E-state index contributed by atoms with van der Waals surface area (Å²) in [6.07, 6.45) is -0.556. The molecule has 1 atom stereocenters. The number of carbonyl (C=O) groups is 2. The Morgan fingerprint density at radius 3 is 2.02 bits per heavy atom. The molecule has 0 fully saturated rings. The Kier molecular flexibility index (Phi) is 8.86. The number of fused-ring (bicyclic) bond motifs is 1. The molecule has 1 aliphatic heterocycles. The Bertz CT molecular complexity index is 1530. The standard InChI is InChI=1S/C35H31F3N2O2/c36-35(37,38)31-18-15-26(16-19-31)17-20-33(41)40(24-28-11-5-2-6-12-28)32(23-27-9-3-1-4-10-27)34(42)39-22-21-29-13-7-8-14-30(29)25-39/h1-20,32H,21-25H2/b20-17+/t32-/m0/s1. The summed E-state index contributed by atoms with van der Waals surface area (Å²) in [5.74, 6) is -0.536. The van der Waals surface area contributed by atoms with Crippen LogP contribution in [0, 0.1) is 0 Å². The third-order valence-electron chi connectivity index (χ3n) is 7.51. The maximum atomic E-state index is 14.3. The van der Waals surface area contributed by atoms with Crippen molar-refractivity contribution >= 4 is 17.9 Å². The number of alkyl halides is 3. The summed E-state index contributed by atoms with van der Waals surface area (Å²) < 4.78 is 39.0. The number of rotatable bonds is 8. The van der Waals surface area contributed by atoms with Gasteiger partial charge in [-0.3, -0.25) is 9.59 Å². The molecule has 1 aliphatic rings. The van der Waals surface area contributed by atoms with E-state index >= 15 is 0 Å². The topological polar surface area (TPSA) is 40.6 Å². The van der Waals surface area contributed by atoms with Crippen LogP contribution >= 0.6 is 0 Å². The molecule has 0 aromatic heterocycles. The lowest BCUT2D eigenvalue weighted by molar-refractivity contribution is -0.144. The van der Waals surface area contributed by atoms with E-state index in [-0.39, 0.29) is 12.5 Å². The lowest BCUT2D eigenvalue weighted by atomic mass is 9.97. The number of hydrogen-bond donors (Lipinski definition) is 0. The molecule has 214 valence electrons. The second-order valence-corrected chi connectivity index (χ2v) is 10.4. The van der Waals surface area contributed by atoms with Crippen molar-refractivity contribution in [3.63, 3.8) is 0 Å². The van der Waals surface area contributed by atoms with Crippen LogP contribution in [0.3, 0.4) is 0 Å². The molecule has 1 heterocycles. The van der Waals surface area contributed by atoms with Crippen molar-refractivity contribution in [3.05, 3.63) is 149 Å². The van der Waals surface area contributed by atoms with Crippen molar-refractivity contribution in [2.24, 2.45) is 0 Å². The minimum Gasteiger partial charge on any atom is -0.336 e. The van der Waals surface area contributed by atoms with Gasteiger partial charge in [0.2, 0.25) is 11.8 Å². The van der Waals surface area contributed by atoms with Crippen molar-refractivity contribution in [2.45, 2.75) is 38.1 Å². The molecule has 0 unspecified atom stereocenters. The van der Waals surface area contributed by atoms with Crippen LogP contribution in [0.5, 0.6) is 0 Å². The summed E-state index contributed by atoms with van der Waals surface area (Å²) in [5.41, 5.74) is 3.80. The predicted molar refractivity (Wildman–Crippen MR) is 157 cm³/mol. The largest absolute Gasteiger partial charge is 0.416 e. The third kappa shape index (κ3) is 7.16. The van der Waals surface area contributed by atoms with Crippen molar-refractivity contribution < 1.29 is 22.8 Å². The zero-order valence-electron chi connectivity index (χ0n) is 23.0. The molecule has 4 aromatic carbocycles. The highest BCUT2D eigenvalue weighted by molar-refractivity contribution is 5.95. The molecule has 4 nitrogen and oxygen atoms in total. The number of carbonyl (C=O) groups excluding carboxylic acids is 2. The van der Waals surface area contributed by atoms with Gasteiger partial charge in [0, 0.05) is 32.1 Å². The second-order valence-electron chi connectivity index (χ2n) is 10.4. The molecular weight excluding hydrogens is 537 g/mol. The van der Waals surface area contributed by atoms with Crippen LogP contribution < -0.4 is 0 Å². The fourth-order valence-corrected chi connectivity index (χ4v) is 5.23. The summed E-state index contributed by atoms with van der Waals surface area (Å²) in [6.45, 7) is 1.22. The van der Waals surface area contributed by atoms with E-state index in [1.807, 2.05) is 83.8 Å². The summed E-state index contributed by atoms with van der Waals surface area (Å²) in [6, 6.07) is 31.0. The molecule has 42 heavy (non-hydrogen) atoms. The van der Waals surface area contributed by atoms with Gasteiger partial charge in [0.1, 0.15) is 6.04 Å². The van der Waals surface area contributed by atoms with Crippen LogP contribution in [0.1, 0.15) is 33.4 Å². The van der Waals surface area contributed by atoms with Gasteiger partial charge in [-0.1, -0.05) is 97.1 Å². The van der Waals surface area contributed by atoms with E-state index in [1.54, 1.807) is 4.90 Å². The highest BCUT2D eigenvalue weighted by Crippen LogP contribution is 2.29. The first-order chi connectivity index (χ1) is 20.3. The van der Waals surface area contributed by atoms with E-state index in [2.05, 4.69) is 6.07 Å². The van der Waals surface area contributed by atoms with Gasteiger partial charge in [0.15, 0.2) is 0 Å². The fourth-order valence-electron chi connectivity index (χ4n) is 5.23. The quantitative estimate of drug-likeness (QED) is 0.216. The lowest BCUT2D eigenvalue weighted by Crippen LogP contribution is -2.52. The Hall–Kier alpha value is -4.65. The summed E-state index contributed by atoms with van der Waals surface area (Å²) in [5, 5.41) is 0. The number of nitrogens with zero attached hydrogens (tertiary/aromatic N) is 2. The van der Waals surface area contributed by atoms with E-state index in [0.717, 1.165) is 35.2 Å². The molecule has 0 spiro atoms. The van der Waals surface area contributed by atoms with Crippen LogP contribution in [-0.2, 0) is 41.7 Å². The highest BCUT2D eigenvalue weighted by atomic mass is 19.4. The van der Waals surface area contributed by atoms with E-state index in [9.17, 15) is 22.8 Å². The smallest absolute Gasteiger partial charge is 0.336 e. The molecule has 7 heteroatoms. The monoisotopic (exact) mass is 568 g/mol.